The summed E-state index contributed by atoms with van der Waals surface area (Å²) in [5.74, 6) is -0.655. The summed E-state index contributed by atoms with van der Waals surface area (Å²) in [5.41, 5.74) is 2.42. The Balaban J connectivity index is 2.07. The lowest BCUT2D eigenvalue weighted by Crippen LogP contribution is -2.20. The molecule has 0 saturated carbocycles. The highest BCUT2D eigenvalue weighted by Gasteiger charge is 2.19. The van der Waals surface area contributed by atoms with Crippen LogP contribution in [-0.2, 0) is 25.8 Å². The molecule has 0 amide bonds. The van der Waals surface area contributed by atoms with Crippen LogP contribution in [0.3, 0.4) is 0 Å². The van der Waals surface area contributed by atoms with Crippen molar-refractivity contribution in [2.75, 3.05) is 13.7 Å². The number of ether oxygens (including phenoxy) is 2. The number of carbonyl (C=O) groups excluding carboxylic acids is 1. The van der Waals surface area contributed by atoms with Crippen LogP contribution in [-0.4, -0.2) is 36.5 Å². The first-order chi connectivity index (χ1) is 14.5. The number of oxime groups is 1. The summed E-state index contributed by atoms with van der Waals surface area (Å²) in [4.78, 5) is 28.1. The molecule has 30 heavy (non-hydrogen) atoms. The van der Waals surface area contributed by atoms with Gasteiger partial charge in [-0.1, -0.05) is 47.6 Å². The van der Waals surface area contributed by atoms with Gasteiger partial charge in [-0.2, -0.15) is 0 Å². The lowest BCUT2D eigenvalue weighted by Gasteiger charge is -2.13. The van der Waals surface area contributed by atoms with Gasteiger partial charge in [-0.3, -0.25) is 4.79 Å². The molecule has 0 spiro atoms. The molecular weight excluding hydrogens is 386 g/mol. The average molecular weight is 413 g/mol. The second kappa shape index (κ2) is 12.3. The van der Waals surface area contributed by atoms with Gasteiger partial charge in [-0.15, -0.1) is 0 Å². The summed E-state index contributed by atoms with van der Waals surface area (Å²) < 4.78 is 10.8. The summed E-state index contributed by atoms with van der Waals surface area (Å²) in [6.45, 7) is 2.50. The quantitative estimate of drug-likeness (QED) is 0.244. The molecule has 2 aromatic rings. The van der Waals surface area contributed by atoms with Crippen LogP contribution in [0, 0.1) is 6.92 Å². The number of hydrogen-bond acceptors (Lipinski definition) is 6. The predicted octanol–water partition coefficient (Wildman–Crippen LogP) is 4.11. The maximum Gasteiger partial charge on any atom is 0.360 e. The summed E-state index contributed by atoms with van der Waals surface area (Å²) in [5, 5.41) is 12.6. The molecule has 0 aliphatic heterocycles. The normalized spacial score (nSPS) is 11.1. The minimum atomic E-state index is -0.813. The van der Waals surface area contributed by atoms with Gasteiger partial charge in [0.15, 0.2) is 5.71 Å². The fraction of sp³-hybridized carbons (Fsp3) is 0.348. The predicted molar refractivity (Wildman–Crippen MR) is 113 cm³/mol. The number of unbranched alkanes of at least 4 members (excludes halogenated alkanes) is 2. The number of para-hydroxylation sites is 1. The van der Waals surface area contributed by atoms with E-state index in [4.69, 9.17) is 19.4 Å². The summed E-state index contributed by atoms with van der Waals surface area (Å²) in [6, 6.07) is 15.0. The molecule has 7 nitrogen and oxygen atoms in total. The van der Waals surface area contributed by atoms with Gasteiger partial charge in [0.2, 0.25) is 0 Å². The number of carboxylic acid groups (broad SMARTS) is 1. The molecule has 0 aliphatic rings. The van der Waals surface area contributed by atoms with E-state index in [2.05, 4.69) is 5.16 Å². The van der Waals surface area contributed by atoms with Crippen molar-refractivity contribution in [3.05, 3.63) is 65.2 Å². The molecule has 7 heteroatoms. The van der Waals surface area contributed by atoms with Crippen LogP contribution in [0.4, 0.5) is 0 Å². The molecule has 0 aliphatic carbocycles. The Morgan fingerprint density at radius 3 is 2.47 bits per heavy atom. The SMILES string of the molecule is COC(=O)/C(=N/OCCCCCC(=O)O)c1ccccc1COc1ccccc1C. The Labute approximate surface area is 176 Å². The van der Waals surface area contributed by atoms with Crippen molar-refractivity contribution < 1.29 is 29.0 Å². The van der Waals surface area contributed by atoms with Gasteiger partial charge in [0, 0.05) is 12.0 Å². The van der Waals surface area contributed by atoms with Crippen molar-refractivity contribution in [2.24, 2.45) is 5.16 Å². The highest BCUT2D eigenvalue weighted by atomic mass is 16.6. The Morgan fingerprint density at radius 1 is 1.00 bits per heavy atom. The van der Waals surface area contributed by atoms with E-state index < -0.39 is 11.9 Å². The first-order valence-electron chi connectivity index (χ1n) is 9.79. The van der Waals surface area contributed by atoms with E-state index >= 15 is 0 Å². The van der Waals surface area contributed by atoms with Crippen molar-refractivity contribution in [1.82, 2.24) is 0 Å². The maximum atomic E-state index is 12.3. The first-order valence-corrected chi connectivity index (χ1v) is 9.79. The van der Waals surface area contributed by atoms with E-state index in [1.54, 1.807) is 12.1 Å². The Bertz CT molecular complexity index is 878. The largest absolute Gasteiger partial charge is 0.489 e. The molecule has 2 aromatic carbocycles. The number of hydrogen-bond donors (Lipinski definition) is 1. The van der Waals surface area contributed by atoms with Crippen molar-refractivity contribution in [3.63, 3.8) is 0 Å². The van der Waals surface area contributed by atoms with Gasteiger partial charge in [-0.25, -0.2) is 4.79 Å². The number of carboxylic acids is 1. The maximum absolute atomic E-state index is 12.3. The zero-order chi connectivity index (χ0) is 21.8. The van der Waals surface area contributed by atoms with Gasteiger partial charge in [0.25, 0.3) is 0 Å². The molecule has 0 radical (unpaired) electrons. The van der Waals surface area contributed by atoms with Crippen LogP contribution in [0.5, 0.6) is 5.75 Å². The first kappa shape index (κ1) is 22.9. The minimum absolute atomic E-state index is 0.0621. The molecule has 0 unspecified atom stereocenters. The second-order valence-corrected chi connectivity index (χ2v) is 6.68. The van der Waals surface area contributed by atoms with Crippen LogP contribution < -0.4 is 4.74 Å². The highest BCUT2D eigenvalue weighted by Crippen LogP contribution is 2.20. The van der Waals surface area contributed by atoms with Crippen molar-refractivity contribution in [3.8, 4) is 5.75 Å². The fourth-order valence-electron chi connectivity index (χ4n) is 2.77. The Hall–Kier alpha value is -3.35. The number of aliphatic carboxylic acids is 1. The summed E-state index contributed by atoms with van der Waals surface area (Å²) >= 11 is 0. The molecule has 160 valence electrons. The van der Waals surface area contributed by atoms with Gasteiger partial charge >= 0.3 is 11.9 Å². The minimum Gasteiger partial charge on any atom is -0.489 e. The standard InChI is InChI=1S/C23H27NO6/c1-17-10-5-8-13-20(17)29-16-18-11-6-7-12-19(18)22(23(27)28-2)24-30-15-9-3-4-14-21(25)26/h5-8,10-13H,3-4,9,14-16H2,1-2H3,(H,25,26)/b24-22+. The Kier molecular flexibility index (Phi) is 9.37. The zero-order valence-electron chi connectivity index (χ0n) is 17.3. The lowest BCUT2D eigenvalue weighted by atomic mass is 10.0. The topological polar surface area (TPSA) is 94.4 Å². The number of aryl methyl sites for hydroxylation is 1. The number of esters is 1. The van der Waals surface area contributed by atoms with Gasteiger partial charge in [0.05, 0.1) is 7.11 Å². The molecular formula is C23H27NO6. The number of nitrogens with zero attached hydrogens (tertiary/aromatic N) is 1. The van der Waals surface area contributed by atoms with E-state index in [-0.39, 0.29) is 25.3 Å². The van der Waals surface area contributed by atoms with Crippen LogP contribution in [0.1, 0.15) is 42.4 Å². The fourth-order valence-corrected chi connectivity index (χ4v) is 2.77. The third-order valence-electron chi connectivity index (χ3n) is 4.41. The van der Waals surface area contributed by atoms with Crippen LogP contribution >= 0.6 is 0 Å². The van der Waals surface area contributed by atoms with Crippen molar-refractivity contribution in [2.45, 2.75) is 39.2 Å². The molecule has 0 bridgehead atoms. The van der Waals surface area contributed by atoms with Gasteiger partial charge < -0.3 is 19.4 Å². The van der Waals surface area contributed by atoms with E-state index in [1.165, 1.54) is 7.11 Å². The van der Waals surface area contributed by atoms with Gasteiger partial charge in [-0.05, 0) is 43.4 Å². The summed E-state index contributed by atoms with van der Waals surface area (Å²) in [7, 11) is 1.29. The third kappa shape index (κ3) is 7.24. The molecule has 0 atom stereocenters. The number of benzene rings is 2. The van der Waals surface area contributed by atoms with E-state index in [0.29, 0.717) is 24.8 Å². The smallest absolute Gasteiger partial charge is 0.360 e. The van der Waals surface area contributed by atoms with Crippen molar-refractivity contribution >= 4 is 17.7 Å². The number of carbonyl (C=O) groups is 2. The van der Waals surface area contributed by atoms with Crippen LogP contribution in [0.25, 0.3) is 0 Å². The molecule has 0 heterocycles. The molecule has 0 fully saturated rings. The average Bonchev–Trinajstić information content (AvgIpc) is 2.75. The van der Waals surface area contributed by atoms with E-state index in [0.717, 1.165) is 16.9 Å². The monoisotopic (exact) mass is 413 g/mol. The van der Waals surface area contributed by atoms with E-state index in [9.17, 15) is 9.59 Å². The number of rotatable bonds is 12. The second-order valence-electron chi connectivity index (χ2n) is 6.68. The zero-order valence-corrected chi connectivity index (χ0v) is 17.3. The molecule has 1 N–H and O–H groups in total. The summed E-state index contributed by atoms with van der Waals surface area (Å²) in [6.07, 6.45) is 2.05. The molecule has 0 saturated heterocycles. The highest BCUT2D eigenvalue weighted by molar-refractivity contribution is 6.43. The Morgan fingerprint density at radius 2 is 1.73 bits per heavy atom. The molecule has 0 aromatic heterocycles. The van der Waals surface area contributed by atoms with Crippen LogP contribution in [0.15, 0.2) is 53.7 Å². The van der Waals surface area contributed by atoms with Crippen molar-refractivity contribution in [1.29, 1.82) is 0 Å². The van der Waals surface area contributed by atoms with Crippen LogP contribution in [0.2, 0.25) is 0 Å². The van der Waals surface area contributed by atoms with E-state index in [1.807, 2.05) is 43.3 Å². The van der Waals surface area contributed by atoms with Gasteiger partial charge in [0.1, 0.15) is 19.0 Å². The lowest BCUT2D eigenvalue weighted by molar-refractivity contribution is -0.137. The third-order valence-corrected chi connectivity index (χ3v) is 4.41. The molecule has 2 rings (SSSR count). The number of methoxy groups -OCH3 is 1.